The van der Waals surface area contributed by atoms with Gasteiger partial charge in [0.25, 0.3) is 0 Å². The SMILES string of the molecule is O=C1CC(=O)C2CCCC1C2. The van der Waals surface area contributed by atoms with Gasteiger partial charge in [-0.15, -0.1) is 0 Å². The van der Waals surface area contributed by atoms with E-state index in [4.69, 9.17) is 0 Å². The first-order valence-electron chi connectivity index (χ1n) is 4.33. The van der Waals surface area contributed by atoms with Gasteiger partial charge in [0, 0.05) is 11.8 Å². The summed E-state index contributed by atoms with van der Waals surface area (Å²) in [5, 5.41) is 0. The smallest absolute Gasteiger partial charge is 0.143 e. The Balaban J connectivity index is 2.17. The molecule has 0 aromatic heterocycles. The van der Waals surface area contributed by atoms with Gasteiger partial charge in [0.05, 0.1) is 6.42 Å². The summed E-state index contributed by atoms with van der Waals surface area (Å²) in [6.07, 6.45) is 4.23. The van der Waals surface area contributed by atoms with Gasteiger partial charge in [-0.1, -0.05) is 6.42 Å². The molecule has 60 valence electrons. The molecule has 2 aliphatic rings. The van der Waals surface area contributed by atoms with Crippen LogP contribution in [0.2, 0.25) is 0 Å². The lowest BCUT2D eigenvalue weighted by atomic mass is 9.71. The Morgan fingerprint density at radius 1 is 1.00 bits per heavy atom. The Morgan fingerprint density at radius 2 is 1.55 bits per heavy atom. The molecule has 2 fully saturated rings. The minimum Gasteiger partial charge on any atom is -0.299 e. The van der Waals surface area contributed by atoms with Crippen molar-refractivity contribution in [2.45, 2.75) is 32.1 Å². The topological polar surface area (TPSA) is 34.1 Å². The first kappa shape index (κ1) is 7.01. The molecule has 2 atom stereocenters. The molecule has 2 heteroatoms. The van der Waals surface area contributed by atoms with Crippen molar-refractivity contribution in [3.05, 3.63) is 0 Å². The lowest BCUT2D eigenvalue weighted by molar-refractivity contribution is -0.137. The standard InChI is InChI=1S/C9H12O2/c10-8-5-9(11)7-3-1-2-6(8)4-7/h6-7H,1-5H2. The molecule has 0 saturated heterocycles. The minimum absolute atomic E-state index is 0.200. The first-order valence-corrected chi connectivity index (χ1v) is 4.33. The highest BCUT2D eigenvalue weighted by atomic mass is 16.1. The highest BCUT2D eigenvalue weighted by molar-refractivity contribution is 6.03. The van der Waals surface area contributed by atoms with Crippen molar-refractivity contribution in [3.63, 3.8) is 0 Å². The summed E-state index contributed by atoms with van der Waals surface area (Å²) in [6.45, 7) is 0. The van der Waals surface area contributed by atoms with E-state index in [1.807, 2.05) is 0 Å². The number of hydrogen-bond acceptors (Lipinski definition) is 2. The van der Waals surface area contributed by atoms with Crippen LogP contribution >= 0.6 is 0 Å². The number of fused-ring (bicyclic) bond motifs is 2. The van der Waals surface area contributed by atoms with Crippen molar-refractivity contribution < 1.29 is 9.59 Å². The maximum absolute atomic E-state index is 11.2. The average Bonchev–Trinajstić information content (AvgIpc) is 2.02. The van der Waals surface area contributed by atoms with Gasteiger partial charge in [-0.05, 0) is 19.3 Å². The van der Waals surface area contributed by atoms with Crippen molar-refractivity contribution in [1.29, 1.82) is 0 Å². The monoisotopic (exact) mass is 152 g/mol. The maximum atomic E-state index is 11.2. The molecule has 2 rings (SSSR count). The van der Waals surface area contributed by atoms with Crippen LogP contribution in [0.3, 0.4) is 0 Å². The van der Waals surface area contributed by atoms with Gasteiger partial charge >= 0.3 is 0 Å². The second-order valence-corrected chi connectivity index (χ2v) is 3.67. The third-order valence-corrected chi connectivity index (χ3v) is 2.93. The van der Waals surface area contributed by atoms with Gasteiger partial charge in [-0.2, -0.15) is 0 Å². The van der Waals surface area contributed by atoms with Crippen LogP contribution in [-0.4, -0.2) is 11.6 Å². The zero-order chi connectivity index (χ0) is 7.84. The summed E-state index contributed by atoms with van der Waals surface area (Å²) < 4.78 is 0. The van der Waals surface area contributed by atoms with E-state index >= 15 is 0 Å². The Kier molecular flexibility index (Phi) is 1.55. The van der Waals surface area contributed by atoms with Crippen LogP contribution in [0.25, 0.3) is 0 Å². The predicted octanol–water partition coefficient (Wildman–Crippen LogP) is 1.33. The van der Waals surface area contributed by atoms with Gasteiger partial charge in [0.1, 0.15) is 11.6 Å². The molecule has 0 N–H and O–H groups in total. The molecular weight excluding hydrogens is 140 g/mol. The van der Waals surface area contributed by atoms with Gasteiger partial charge in [-0.3, -0.25) is 9.59 Å². The molecular formula is C9H12O2. The van der Waals surface area contributed by atoms with E-state index in [0.29, 0.717) is 0 Å². The molecule has 0 aliphatic heterocycles. The molecule has 0 spiro atoms. The number of Topliss-reactive ketones (excluding diaryl/α,β-unsaturated/α-hetero) is 2. The Labute approximate surface area is 66.0 Å². The van der Waals surface area contributed by atoms with Gasteiger partial charge in [-0.25, -0.2) is 0 Å². The van der Waals surface area contributed by atoms with Crippen LogP contribution in [-0.2, 0) is 9.59 Å². The summed E-state index contributed by atoms with van der Waals surface area (Å²) >= 11 is 0. The highest BCUT2D eigenvalue weighted by Gasteiger charge is 2.36. The van der Waals surface area contributed by atoms with Crippen molar-refractivity contribution in [3.8, 4) is 0 Å². The summed E-state index contributed by atoms with van der Waals surface area (Å²) in [4.78, 5) is 22.4. The fourth-order valence-corrected chi connectivity index (χ4v) is 2.24. The number of carbonyl (C=O) groups is 2. The Bertz CT molecular complexity index is 188. The second-order valence-electron chi connectivity index (χ2n) is 3.67. The maximum Gasteiger partial charge on any atom is 0.143 e. The zero-order valence-corrected chi connectivity index (χ0v) is 6.51. The summed E-state index contributed by atoms with van der Waals surface area (Å²) in [6, 6.07) is 0. The van der Waals surface area contributed by atoms with E-state index < -0.39 is 0 Å². The van der Waals surface area contributed by atoms with E-state index in [1.165, 1.54) is 0 Å². The largest absolute Gasteiger partial charge is 0.299 e. The number of carbonyl (C=O) groups excluding carboxylic acids is 2. The molecule has 0 heterocycles. The molecule has 2 unspecified atom stereocenters. The van der Waals surface area contributed by atoms with Crippen molar-refractivity contribution >= 4 is 11.6 Å². The van der Waals surface area contributed by atoms with Crippen molar-refractivity contribution in [1.82, 2.24) is 0 Å². The third kappa shape index (κ3) is 1.10. The van der Waals surface area contributed by atoms with Crippen LogP contribution in [0.15, 0.2) is 0 Å². The van der Waals surface area contributed by atoms with Crippen LogP contribution < -0.4 is 0 Å². The Morgan fingerprint density at radius 3 is 2.09 bits per heavy atom. The molecule has 0 aromatic rings. The minimum atomic E-state index is 0.200. The van der Waals surface area contributed by atoms with E-state index in [2.05, 4.69) is 0 Å². The number of hydrogen-bond donors (Lipinski definition) is 0. The molecule has 2 saturated carbocycles. The first-order chi connectivity index (χ1) is 5.27. The van der Waals surface area contributed by atoms with E-state index in [1.54, 1.807) is 0 Å². The molecule has 11 heavy (non-hydrogen) atoms. The molecule has 2 bridgehead atoms. The second kappa shape index (κ2) is 2.43. The van der Waals surface area contributed by atoms with Gasteiger partial charge < -0.3 is 0 Å². The van der Waals surface area contributed by atoms with Crippen LogP contribution in [0.4, 0.5) is 0 Å². The number of rotatable bonds is 0. The van der Waals surface area contributed by atoms with E-state index in [0.717, 1.165) is 25.7 Å². The summed E-state index contributed by atoms with van der Waals surface area (Å²) in [5.74, 6) is 0.884. The highest BCUT2D eigenvalue weighted by Crippen LogP contribution is 2.35. The van der Waals surface area contributed by atoms with E-state index in [9.17, 15) is 9.59 Å². The molecule has 2 aliphatic carbocycles. The normalized spacial score (nSPS) is 37.5. The van der Waals surface area contributed by atoms with Crippen LogP contribution in [0, 0.1) is 11.8 Å². The van der Waals surface area contributed by atoms with Crippen LogP contribution in [0.1, 0.15) is 32.1 Å². The van der Waals surface area contributed by atoms with E-state index in [-0.39, 0.29) is 29.8 Å². The molecule has 0 aromatic carbocycles. The van der Waals surface area contributed by atoms with Gasteiger partial charge in [0.2, 0.25) is 0 Å². The predicted molar refractivity (Wildman–Crippen MR) is 40.1 cm³/mol. The number of ketones is 2. The lowest BCUT2D eigenvalue weighted by Gasteiger charge is -2.31. The fourth-order valence-electron chi connectivity index (χ4n) is 2.24. The van der Waals surface area contributed by atoms with Crippen molar-refractivity contribution in [2.75, 3.05) is 0 Å². The molecule has 0 radical (unpaired) electrons. The lowest BCUT2D eigenvalue weighted by Crippen LogP contribution is -2.35. The summed E-state index contributed by atoms with van der Waals surface area (Å²) in [5.41, 5.74) is 0. The summed E-state index contributed by atoms with van der Waals surface area (Å²) in [7, 11) is 0. The molecule has 0 amide bonds. The Hall–Kier alpha value is -0.660. The van der Waals surface area contributed by atoms with Gasteiger partial charge in [0.15, 0.2) is 0 Å². The third-order valence-electron chi connectivity index (χ3n) is 2.93. The molecule has 2 nitrogen and oxygen atoms in total. The van der Waals surface area contributed by atoms with Crippen LogP contribution in [0.5, 0.6) is 0 Å². The fraction of sp³-hybridized carbons (Fsp3) is 0.778. The quantitative estimate of drug-likeness (QED) is 0.491. The van der Waals surface area contributed by atoms with Crippen molar-refractivity contribution in [2.24, 2.45) is 11.8 Å². The average molecular weight is 152 g/mol. The zero-order valence-electron chi connectivity index (χ0n) is 6.51.